The molecule has 3 rings (SSSR count). The molecule has 0 saturated heterocycles. The summed E-state index contributed by atoms with van der Waals surface area (Å²) in [6.45, 7) is 12.8. The van der Waals surface area contributed by atoms with E-state index >= 15 is 0 Å². The van der Waals surface area contributed by atoms with E-state index in [1.54, 1.807) is 6.92 Å². The highest BCUT2D eigenvalue weighted by Gasteiger charge is 2.34. The van der Waals surface area contributed by atoms with Crippen molar-refractivity contribution in [2.75, 3.05) is 12.4 Å². The third-order valence-electron chi connectivity index (χ3n) is 6.35. The second-order valence-corrected chi connectivity index (χ2v) is 11.1. The minimum absolute atomic E-state index is 0.198. The molecule has 1 aromatic carbocycles. The van der Waals surface area contributed by atoms with Crippen molar-refractivity contribution in [1.82, 2.24) is 0 Å². The topological polar surface area (TPSA) is 64.6 Å². The zero-order chi connectivity index (χ0) is 23.6. The van der Waals surface area contributed by atoms with E-state index in [0.717, 1.165) is 24.8 Å². The third-order valence-corrected chi connectivity index (χ3v) is 7.51. The molecule has 1 N–H and O–H groups in total. The zero-order valence-corrected chi connectivity index (χ0v) is 21.0. The van der Waals surface area contributed by atoms with Crippen molar-refractivity contribution in [2.45, 2.75) is 72.8 Å². The largest absolute Gasteiger partial charge is 0.481 e. The molecule has 1 aliphatic carbocycles. The van der Waals surface area contributed by atoms with Crippen LogP contribution in [0.3, 0.4) is 0 Å². The number of benzene rings is 1. The van der Waals surface area contributed by atoms with Crippen LogP contribution in [0.15, 0.2) is 24.3 Å². The number of esters is 1. The van der Waals surface area contributed by atoms with E-state index in [4.69, 9.17) is 9.47 Å². The molecule has 32 heavy (non-hydrogen) atoms. The Labute approximate surface area is 195 Å². The number of thiophene rings is 1. The Morgan fingerprint density at radius 2 is 1.78 bits per heavy atom. The number of carbonyl (C=O) groups excluding carboxylic acids is 2. The van der Waals surface area contributed by atoms with E-state index in [9.17, 15) is 9.59 Å². The molecule has 0 saturated carbocycles. The molecule has 0 fully saturated rings. The number of anilines is 1. The molecule has 0 radical (unpaired) electrons. The second kappa shape index (κ2) is 9.65. The van der Waals surface area contributed by atoms with Crippen LogP contribution in [-0.2, 0) is 22.4 Å². The smallest absolute Gasteiger partial charge is 0.341 e. The van der Waals surface area contributed by atoms with Gasteiger partial charge in [0.2, 0.25) is 0 Å². The van der Waals surface area contributed by atoms with Gasteiger partial charge in [0.1, 0.15) is 10.8 Å². The van der Waals surface area contributed by atoms with Crippen molar-refractivity contribution in [3.63, 3.8) is 0 Å². The summed E-state index contributed by atoms with van der Waals surface area (Å²) in [5.74, 6) is 0.936. The molecule has 0 spiro atoms. The number of hydrogen-bond donors (Lipinski definition) is 1. The van der Waals surface area contributed by atoms with Gasteiger partial charge in [-0.2, -0.15) is 0 Å². The van der Waals surface area contributed by atoms with Gasteiger partial charge in [-0.15, -0.1) is 11.3 Å². The molecule has 174 valence electrons. The normalized spacial score (nSPS) is 16.9. The molecular formula is C26H35NO4S. The molecule has 0 aliphatic heterocycles. The van der Waals surface area contributed by atoms with Crippen molar-refractivity contribution in [3.8, 4) is 5.75 Å². The van der Waals surface area contributed by atoms with Gasteiger partial charge in [0.05, 0.1) is 12.7 Å². The fourth-order valence-electron chi connectivity index (χ4n) is 4.13. The third kappa shape index (κ3) is 5.34. The lowest BCUT2D eigenvalue weighted by Gasteiger charge is -2.33. The number of methoxy groups -OCH3 is 1. The average Bonchev–Trinajstić information content (AvgIpc) is 3.09. The Bertz CT molecular complexity index is 969. The molecule has 5 nitrogen and oxygen atoms in total. The first kappa shape index (κ1) is 24.3. The highest BCUT2D eigenvalue weighted by atomic mass is 32.1. The summed E-state index contributed by atoms with van der Waals surface area (Å²) in [6.07, 6.45) is 2.06. The Morgan fingerprint density at radius 3 is 2.34 bits per heavy atom. The lowest BCUT2D eigenvalue weighted by atomic mass is 9.72. The first-order chi connectivity index (χ1) is 15.0. The summed E-state index contributed by atoms with van der Waals surface area (Å²) < 4.78 is 10.9. The lowest BCUT2D eigenvalue weighted by Crippen LogP contribution is -2.30. The van der Waals surface area contributed by atoms with Crippen LogP contribution in [-0.4, -0.2) is 25.1 Å². The van der Waals surface area contributed by atoms with Crippen LogP contribution in [0.4, 0.5) is 5.00 Å². The zero-order valence-electron chi connectivity index (χ0n) is 20.2. The summed E-state index contributed by atoms with van der Waals surface area (Å²) in [6, 6.07) is 7.79. The van der Waals surface area contributed by atoms with E-state index in [1.807, 2.05) is 24.3 Å². The molecule has 1 aliphatic rings. The van der Waals surface area contributed by atoms with E-state index < -0.39 is 12.1 Å². The van der Waals surface area contributed by atoms with Gasteiger partial charge in [0.15, 0.2) is 6.10 Å². The van der Waals surface area contributed by atoms with Crippen molar-refractivity contribution < 1.29 is 19.1 Å². The predicted molar refractivity (Wildman–Crippen MR) is 130 cm³/mol. The molecular weight excluding hydrogens is 422 g/mol. The number of carbonyl (C=O) groups is 2. The van der Waals surface area contributed by atoms with Crippen molar-refractivity contribution in [2.24, 2.45) is 11.3 Å². The number of ether oxygens (including phenoxy) is 2. The van der Waals surface area contributed by atoms with Gasteiger partial charge in [0.25, 0.3) is 5.91 Å². The minimum Gasteiger partial charge on any atom is -0.481 e. The number of amides is 1. The summed E-state index contributed by atoms with van der Waals surface area (Å²) in [4.78, 5) is 26.7. The maximum atomic E-state index is 12.9. The molecule has 1 aromatic heterocycles. The monoisotopic (exact) mass is 457 g/mol. The summed E-state index contributed by atoms with van der Waals surface area (Å²) in [5, 5.41) is 3.50. The van der Waals surface area contributed by atoms with Crippen LogP contribution >= 0.6 is 11.3 Å². The average molecular weight is 458 g/mol. The number of hydrogen-bond acceptors (Lipinski definition) is 5. The van der Waals surface area contributed by atoms with Gasteiger partial charge < -0.3 is 14.8 Å². The van der Waals surface area contributed by atoms with Gasteiger partial charge >= 0.3 is 5.97 Å². The highest BCUT2D eigenvalue weighted by Crippen LogP contribution is 2.44. The lowest BCUT2D eigenvalue weighted by molar-refractivity contribution is -0.122. The van der Waals surface area contributed by atoms with Crippen molar-refractivity contribution in [1.29, 1.82) is 0 Å². The van der Waals surface area contributed by atoms with Gasteiger partial charge in [-0.25, -0.2) is 4.79 Å². The second-order valence-electron chi connectivity index (χ2n) is 9.98. The van der Waals surface area contributed by atoms with E-state index in [1.165, 1.54) is 28.9 Å². The number of nitrogens with one attached hydrogen (secondary N) is 1. The molecule has 0 bridgehead atoms. The first-order valence-corrected chi connectivity index (χ1v) is 12.1. The van der Waals surface area contributed by atoms with Crippen LogP contribution in [0.5, 0.6) is 5.75 Å². The molecule has 6 heteroatoms. The molecule has 2 atom stereocenters. The van der Waals surface area contributed by atoms with E-state index in [2.05, 4.69) is 39.9 Å². The quantitative estimate of drug-likeness (QED) is 0.523. The summed E-state index contributed by atoms with van der Waals surface area (Å²) in [7, 11) is 1.38. The predicted octanol–water partition coefficient (Wildman–Crippen LogP) is 6.22. The SMILES string of the molecule is COC(=O)c1c(NC(=O)C(C)Oc2ccc(C(C)C)cc2)sc2c1CCC(C(C)(C)C)C2. The highest BCUT2D eigenvalue weighted by molar-refractivity contribution is 7.17. The maximum absolute atomic E-state index is 12.9. The Balaban J connectivity index is 1.77. The van der Waals surface area contributed by atoms with Crippen LogP contribution in [0.25, 0.3) is 0 Å². The Morgan fingerprint density at radius 1 is 1.12 bits per heavy atom. The fraction of sp³-hybridized carbons (Fsp3) is 0.538. The number of fused-ring (bicyclic) bond motifs is 1. The van der Waals surface area contributed by atoms with Crippen LogP contribution in [0.1, 0.15) is 80.2 Å². The van der Waals surface area contributed by atoms with Crippen LogP contribution < -0.4 is 10.1 Å². The van der Waals surface area contributed by atoms with Crippen molar-refractivity contribution >= 4 is 28.2 Å². The molecule has 1 amide bonds. The molecule has 2 unspecified atom stereocenters. The van der Waals surface area contributed by atoms with Crippen molar-refractivity contribution in [3.05, 3.63) is 45.8 Å². The summed E-state index contributed by atoms with van der Waals surface area (Å²) in [5.41, 5.74) is 2.94. The minimum atomic E-state index is -0.702. The van der Waals surface area contributed by atoms with Gasteiger partial charge in [-0.3, -0.25) is 4.79 Å². The van der Waals surface area contributed by atoms with Gasteiger partial charge in [0, 0.05) is 4.88 Å². The standard InChI is InChI=1S/C26H35NO4S/c1-15(2)17-8-11-19(12-9-17)31-16(3)23(28)27-24-22(25(29)30-7)20-13-10-18(26(4,5)6)14-21(20)32-24/h8-9,11-12,15-16,18H,10,13-14H2,1-7H3,(H,27,28). The van der Waals surface area contributed by atoms with E-state index in [-0.39, 0.29) is 11.3 Å². The summed E-state index contributed by atoms with van der Waals surface area (Å²) >= 11 is 1.49. The molecule has 2 aromatic rings. The van der Waals surface area contributed by atoms with E-state index in [0.29, 0.717) is 28.1 Å². The number of rotatable bonds is 6. The van der Waals surface area contributed by atoms with Gasteiger partial charge in [-0.1, -0.05) is 46.8 Å². The van der Waals surface area contributed by atoms with Crippen LogP contribution in [0, 0.1) is 11.3 Å². The Hall–Kier alpha value is -2.34. The van der Waals surface area contributed by atoms with Gasteiger partial charge in [-0.05, 0) is 66.7 Å². The Kier molecular flexibility index (Phi) is 7.33. The first-order valence-electron chi connectivity index (χ1n) is 11.3. The van der Waals surface area contributed by atoms with Crippen LogP contribution in [0.2, 0.25) is 0 Å². The maximum Gasteiger partial charge on any atom is 0.341 e. The molecule has 1 heterocycles. The fourth-order valence-corrected chi connectivity index (χ4v) is 5.45.